The number of hydrogen-bond acceptors (Lipinski definition) is 9. The molecule has 2 aromatic rings. The maximum atomic E-state index is 11.9. The first-order chi connectivity index (χ1) is 18.4. The zero-order valence-electron chi connectivity index (χ0n) is 26.0. The number of esters is 2. The van der Waals surface area contributed by atoms with Crippen LogP contribution in [0.2, 0.25) is 0 Å². The second kappa shape index (κ2) is 16.0. The van der Waals surface area contributed by atoms with Gasteiger partial charge in [0.1, 0.15) is 31.9 Å². The van der Waals surface area contributed by atoms with Crippen molar-refractivity contribution in [1.29, 1.82) is 0 Å². The minimum atomic E-state index is -1.30. The largest absolute Gasteiger partial charge is 0.456 e. The Morgan fingerprint density at radius 2 is 1.10 bits per heavy atom. The minimum Gasteiger partial charge on any atom is -0.456 e. The van der Waals surface area contributed by atoms with Gasteiger partial charge in [-0.3, -0.25) is 9.93 Å². The molecule has 2 N–H and O–H groups in total. The van der Waals surface area contributed by atoms with Crippen molar-refractivity contribution in [2.24, 2.45) is 9.54 Å². The Labute approximate surface area is 257 Å². The lowest BCUT2D eigenvalue weighted by atomic mass is 10.2. The van der Waals surface area contributed by atoms with Gasteiger partial charge in [0, 0.05) is 4.88 Å². The number of aldehydes is 1. The molecule has 9 nitrogen and oxygen atoms in total. The van der Waals surface area contributed by atoms with E-state index >= 15 is 0 Å². The molecule has 0 bridgehead atoms. The Balaban J connectivity index is 0.000000659. The van der Waals surface area contributed by atoms with E-state index in [0.29, 0.717) is 14.6 Å². The number of carbonyl (C=O) groups is 3. The Hall–Kier alpha value is -2.06. The first-order valence-electron chi connectivity index (χ1n) is 12.6. The van der Waals surface area contributed by atoms with E-state index in [-0.39, 0.29) is 21.4 Å². The number of nitrogens with two attached hydrogens (primary N) is 1. The van der Waals surface area contributed by atoms with E-state index in [1.54, 1.807) is 51.3 Å². The summed E-state index contributed by atoms with van der Waals surface area (Å²) in [4.78, 5) is 36.0. The lowest BCUT2D eigenvalue weighted by molar-refractivity contribution is 0.00625. The average molecular weight is 649 g/mol. The highest BCUT2D eigenvalue weighted by molar-refractivity contribution is 7.85. The molecule has 0 fully saturated rings. The van der Waals surface area contributed by atoms with E-state index < -0.39 is 33.2 Å². The van der Waals surface area contributed by atoms with Gasteiger partial charge >= 0.3 is 11.9 Å². The fourth-order valence-corrected chi connectivity index (χ4v) is 4.02. The van der Waals surface area contributed by atoms with Crippen molar-refractivity contribution in [2.75, 3.05) is 0 Å². The monoisotopic (exact) mass is 648 g/mol. The summed E-state index contributed by atoms with van der Waals surface area (Å²) >= 11 is 2.42. The number of carbonyl (C=O) groups excluding carboxylic acids is 3. The maximum absolute atomic E-state index is 11.9. The standard InChI is InChI=1S/C14H21NO3S2.C10H12O3S.C4H11NOS/c1-13(2,3)18-12(16)11-8-7-10(19-11)9-15-20(17)14(4,5)6;1-10(2,3)13-9(12)8-5-4-7(6-11)14-8;1-4(2,3)7(5)6/h7-9H,1-6H3;4-6H,1-3H3;5H2,1-3H3/t20-;;7-/m0.0/s1. The SMILES string of the molecule is CC(C)(C)OC(=O)c1ccc(C=N[S@@](=O)C(C)(C)C)s1.CC(C)(C)OC(=O)c1ccc(C=O)s1.CC(C)(C)[S@@](N)=O. The van der Waals surface area contributed by atoms with Crippen molar-refractivity contribution >= 4 is 69.1 Å². The molecule has 13 heteroatoms. The fourth-order valence-electron chi connectivity index (χ4n) is 1.97. The highest BCUT2D eigenvalue weighted by Crippen LogP contribution is 2.21. The van der Waals surface area contributed by atoms with Crippen LogP contribution in [0.25, 0.3) is 0 Å². The van der Waals surface area contributed by atoms with Gasteiger partial charge in [-0.1, -0.05) is 0 Å². The van der Waals surface area contributed by atoms with Crippen molar-refractivity contribution < 1.29 is 32.3 Å². The molecular weight excluding hydrogens is 605 g/mol. The molecule has 41 heavy (non-hydrogen) atoms. The number of hydrogen-bond donors (Lipinski definition) is 1. The van der Waals surface area contributed by atoms with Crippen molar-refractivity contribution in [3.63, 3.8) is 0 Å². The molecule has 0 aliphatic rings. The summed E-state index contributed by atoms with van der Waals surface area (Å²) < 4.78 is 35.9. The van der Waals surface area contributed by atoms with Crippen LogP contribution >= 0.6 is 22.7 Å². The molecule has 0 spiro atoms. The third kappa shape index (κ3) is 17.5. The first kappa shape index (κ1) is 38.9. The third-order valence-electron chi connectivity index (χ3n) is 3.97. The van der Waals surface area contributed by atoms with Gasteiger partial charge in [0.2, 0.25) is 0 Å². The predicted octanol–water partition coefficient (Wildman–Crippen LogP) is 6.51. The predicted molar refractivity (Wildman–Crippen MR) is 172 cm³/mol. The molecule has 0 saturated carbocycles. The van der Waals surface area contributed by atoms with Crippen LogP contribution in [0.15, 0.2) is 28.7 Å². The molecule has 232 valence electrons. The van der Waals surface area contributed by atoms with E-state index in [2.05, 4.69) is 4.40 Å². The van der Waals surface area contributed by atoms with Crippen LogP contribution in [-0.2, 0) is 31.4 Å². The Morgan fingerprint density at radius 1 is 0.732 bits per heavy atom. The lowest BCUT2D eigenvalue weighted by Crippen LogP contribution is -2.27. The molecule has 2 aromatic heterocycles. The zero-order chi connectivity index (χ0) is 32.4. The Bertz CT molecular complexity index is 1240. The zero-order valence-corrected chi connectivity index (χ0v) is 29.2. The summed E-state index contributed by atoms with van der Waals surface area (Å²) in [5, 5.41) is 5.04. The van der Waals surface area contributed by atoms with E-state index in [1.165, 1.54) is 11.3 Å². The van der Waals surface area contributed by atoms with Crippen LogP contribution in [0, 0.1) is 0 Å². The maximum Gasteiger partial charge on any atom is 0.348 e. The summed E-state index contributed by atoms with van der Waals surface area (Å²) in [6, 6.07) is 6.67. The molecule has 2 atom stereocenters. The summed E-state index contributed by atoms with van der Waals surface area (Å²) in [6.45, 7) is 22.0. The molecule has 0 saturated heterocycles. The van der Waals surface area contributed by atoms with Gasteiger partial charge in [0.05, 0.1) is 31.6 Å². The van der Waals surface area contributed by atoms with Crippen LogP contribution in [-0.4, -0.2) is 53.6 Å². The fraction of sp³-hybridized carbons (Fsp3) is 0.571. The van der Waals surface area contributed by atoms with Gasteiger partial charge in [-0.2, -0.15) is 4.40 Å². The van der Waals surface area contributed by atoms with Crippen molar-refractivity contribution in [3.8, 4) is 0 Å². The third-order valence-corrected chi connectivity index (χ3v) is 8.52. The van der Waals surface area contributed by atoms with E-state index in [9.17, 15) is 22.8 Å². The van der Waals surface area contributed by atoms with Crippen LogP contribution in [0.4, 0.5) is 0 Å². The first-order valence-corrected chi connectivity index (χ1v) is 16.5. The number of ether oxygens (including phenoxy) is 2. The number of thiophene rings is 2. The smallest absolute Gasteiger partial charge is 0.348 e. The van der Waals surface area contributed by atoms with Gasteiger partial charge in [-0.05, 0) is 107 Å². The summed E-state index contributed by atoms with van der Waals surface area (Å²) in [7, 11) is -2.48. The molecule has 2 heterocycles. The molecule has 0 aliphatic carbocycles. The molecule has 0 unspecified atom stereocenters. The normalized spacial score (nSPS) is 13.7. The summed E-state index contributed by atoms with van der Waals surface area (Å²) in [5.74, 6) is -0.727. The van der Waals surface area contributed by atoms with Gasteiger partial charge in [-0.15, -0.1) is 22.7 Å². The average Bonchev–Trinajstić information content (AvgIpc) is 3.44. The molecule has 0 radical (unpaired) electrons. The van der Waals surface area contributed by atoms with Crippen molar-refractivity contribution in [1.82, 2.24) is 0 Å². The van der Waals surface area contributed by atoms with Crippen LogP contribution in [0.5, 0.6) is 0 Å². The van der Waals surface area contributed by atoms with Gasteiger partial charge in [0.25, 0.3) is 0 Å². The minimum absolute atomic E-state index is 0.250. The topological polar surface area (TPSA) is 142 Å². The Morgan fingerprint density at radius 3 is 1.39 bits per heavy atom. The summed E-state index contributed by atoms with van der Waals surface area (Å²) in [5.41, 5.74) is -1.01. The molecule has 0 amide bonds. The summed E-state index contributed by atoms with van der Waals surface area (Å²) in [6.07, 6.45) is 2.26. The Kier molecular flexibility index (Phi) is 15.2. The highest BCUT2D eigenvalue weighted by Gasteiger charge is 2.21. The quantitative estimate of drug-likeness (QED) is 0.221. The van der Waals surface area contributed by atoms with Gasteiger partial charge in [-0.25, -0.2) is 18.0 Å². The number of nitrogens with zero attached hydrogens (tertiary/aromatic N) is 1. The molecule has 0 aromatic carbocycles. The molecule has 2 rings (SSSR count). The van der Waals surface area contributed by atoms with Crippen molar-refractivity contribution in [3.05, 3.63) is 43.8 Å². The number of rotatable bonds is 5. The highest BCUT2D eigenvalue weighted by atomic mass is 32.2. The van der Waals surface area contributed by atoms with Crippen LogP contribution < -0.4 is 5.14 Å². The van der Waals surface area contributed by atoms with Crippen molar-refractivity contribution in [2.45, 2.75) is 104 Å². The molecule has 0 aliphatic heterocycles. The lowest BCUT2D eigenvalue weighted by Gasteiger charge is -2.18. The molecular formula is C28H44N2O7S4. The van der Waals surface area contributed by atoms with E-state index in [0.717, 1.165) is 22.5 Å². The second-order valence-electron chi connectivity index (χ2n) is 12.5. The second-order valence-corrected chi connectivity index (χ2v) is 18.5. The van der Waals surface area contributed by atoms with E-state index in [1.807, 2.05) is 62.3 Å². The van der Waals surface area contributed by atoms with Gasteiger partial charge < -0.3 is 9.47 Å². The van der Waals surface area contributed by atoms with Crippen LogP contribution in [0.1, 0.15) is 117 Å². The van der Waals surface area contributed by atoms with Gasteiger partial charge in [0.15, 0.2) is 6.29 Å². The van der Waals surface area contributed by atoms with E-state index in [4.69, 9.17) is 14.6 Å². The van der Waals surface area contributed by atoms with Crippen LogP contribution in [0.3, 0.4) is 0 Å².